The second-order valence-corrected chi connectivity index (χ2v) is 33.3. The minimum atomic E-state index is 0.916. The summed E-state index contributed by atoms with van der Waals surface area (Å²) in [5.41, 5.74) is 35.1. The van der Waals surface area contributed by atoms with E-state index in [2.05, 4.69) is 384 Å². The van der Waals surface area contributed by atoms with Crippen LogP contribution in [0.5, 0.6) is 0 Å². The van der Waals surface area contributed by atoms with Crippen LogP contribution in [-0.4, -0.2) is 13.7 Å². The molecule has 0 saturated heterocycles. The molecule has 0 aliphatic heterocycles. The van der Waals surface area contributed by atoms with Crippen molar-refractivity contribution in [1.29, 1.82) is 0 Å². The summed E-state index contributed by atoms with van der Waals surface area (Å²) >= 11 is 1.89. The number of nitrogens with zero attached hydrogens (tertiary/aromatic N) is 3. The van der Waals surface area contributed by atoms with Gasteiger partial charge >= 0.3 is 0 Å². The van der Waals surface area contributed by atoms with Crippen LogP contribution in [0.3, 0.4) is 0 Å². The number of hydrogen-bond donors (Lipinski definition) is 0. The number of benzene rings is 20. The van der Waals surface area contributed by atoms with Gasteiger partial charge in [-0.1, -0.05) is 291 Å². The molecule has 0 atom stereocenters. The molecule has 29 rings (SSSR count). The fraction of sp³-hybridized carbons (Fsp3) is 0. The van der Waals surface area contributed by atoms with Crippen LogP contribution in [0.15, 0.2) is 403 Å². The van der Waals surface area contributed by atoms with Crippen molar-refractivity contribution in [3.63, 3.8) is 0 Å². The Balaban J connectivity index is 0.0000000955. The van der Waals surface area contributed by atoms with Crippen LogP contribution >= 0.6 is 11.3 Å². The standard InChI is InChI=1S/C40H23NO.C40H23NS.C34H19NO/c1-2-13-29-28(12-1)30-16-6-9-24-21-22-34-40(37(24)30)39-31(29)17-7-18-33(39)41(34)26-11-5-10-25(23-26)27-15-8-20-36-38(27)32-14-3-4-19-35(32)42-36;1-2-10-29-28(9-1)31-13-5-8-25-20-23-35-39(37(25)31)38-32(29)14-7-16-34(38)41(35)26-21-18-24(19-22-26)27-12-6-15-33-30-11-3-4-17-36(30)42-40(27)33;1-2-9-23-22(8-1)26-11-5-7-20-15-18-29-34(32(20)26)33-27(23)12-6-13-28(33)35(29)21-16-17-25-24-10-3-4-14-30(24)36-31(25)19-21/h2*1-23H;1-19H. The predicted molar refractivity (Wildman–Crippen MR) is 506 cm³/mol. The van der Waals surface area contributed by atoms with E-state index in [0.29, 0.717) is 0 Å². The molecule has 0 N–H and O–H groups in total. The van der Waals surface area contributed by atoms with E-state index in [-0.39, 0.29) is 0 Å². The summed E-state index contributed by atoms with van der Waals surface area (Å²) in [6.45, 7) is 0. The SMILES string of the molecule is c1cc(-c2cccc3oc4ccccc4c23)cc(-n2c3cccc4c3c3c5c(cccc5ccc32)-c2ccccc2-4)c1.c1ccc2c(c1)-c1cccc3ccc4c(c13)c1c-2cccc1n4-c1ccc(-c2cccc3c2sc2ccccc23)cc1.c1ccc2c(c1)-c1cccc3ccc4c(c13)c1c-2cccc1n4-c1ccc2c(c1)oc1ccccc12. The van der Waals surface area contributed by atoms with Crippen molar-refractivity contribution in [3.8, 4) is 106 Å². The molecule has 0 amide bonds. The topological polar surface area (TPSA) is 41.1 Å². The summed E-state index contributed by atoms with van der Waals surface area (Å²) < 4.78 is 22.5. The molecule has 6 heterocycles. The maximum atomic E-state index is 6.27. The van der Waals surface area contributed by atoms with Crippen molar-refractivity contribution in [2.45, 2.75) is 0 Å². The van der Waals surface area contributed by atoms with Crippen LogP contribution in [0.1, 0.15) is 0 Å². The molecule has 554 valence electrons. The minimum Gasteiger partial charge on any atom is -0.456 e. The highest BCUT2D eigenvalue weighted by Crippen LogP contribution is 2.55. The average Bonchev–Trinajstić information content (AvgIpc) is 1.55. The van der Waals surface area contributed by atoms with Gasteiger partial charge in [0.15, 0.2) is 0 Å². The molecule has 0 spiro atoms. The Bertz CT molecular complexity index is 9000. The molecule has 0 bridgehead atoms. The molecule has 6 aromatic heterocycles. The monoisotopic (exact) mass is 1540 g/mol. The highest BCUT2D eigenvalue weighted by atomic mass is 32.1. The minimum absolute atomic E-state index is 0.916. The highest BCUT2D eigenvalue weighted by molar-refractivity contribution is 7.26. The maximum absolute atomic E-state index is 6.27. The lowest BCUT2D eigenvalue weighted by atomic mass is 9.93. The third-order valence-electron chi connectivity index (χ3n) is 26.2. The highest BCUT2D eigenvalue weighted by Gasteiger charge is 2.30. The normalized spacial score (nSPS) is 12.3. The number of furan rings is 2. The largest absolute Gasteiger partial charge is 0.456 e. The van der Waals surface area contributed by atoms with Gasteiger partial charge in [0.25, 0.3) is 0 Å². The lowest BCUT2D eigenvalue weighted by Crippen LogP contribution is -1.95. The quantitative estimate of drug-likeness (QED) is 0.172. The van der Waals surface area contributed by atoms with E-state index < -0.39 is 0 Å². The van der Waals surface area contributed by atoms with Crippen molar-refractivity contribution < 1.29 is 8.83 Å². The van der Waals surface area contributed by atoms with Crippen LogP contribution in [0.4, 0.5) is 0 Å². The number of hydrogen-bond acceptors (Lipinski definition) is 3. The van der Waals surface area contributed by atoms with E-state index in [9.17, 15) is 0 Å². The number of fused-ring (bicyclic) bond motifs is 18. The van der Waals surface area contributed by atoms with Gasteiger partial charge in [-0.05, 0) is 218 Å². The second-order valence-electron chi connectivity index (χ2n) is 32.3. The fourth-order valence-electron chi connectivity index (χ4n) is 21.3. The zero-order chi connectivity index (χ0) is 78.1. The van der Waals surface area contributed by atoms with E-state index in [1.807, 2.05) is 35.6 Å². The predicted octanol–water partition coefficient (Wildman–Crippen LogP) is 32.3. The summed E-state index contributed by atoms with van der Waals surface area (Å²) in [7, 11) is 0. The first-order valence-electron chi connectivity index (χ1n) is 41.3. The van der Waals surface area contributed by atoms with Gasteiger partial charge in [0.05, 0.1) is 33.1 Å². The van der Waals surface area contributed by atoms with Crippen molar-refractivity contribution in [3.05, 3.63) is 394 Å². The summed E-state index contributed by atoms with van der Waals surface area (Å²) in [5.74, 6) is 0. The van der Waals surface area contributed by atoms with E-state index in [0.717, 1.165) is 55.3 Å². The summed E-state index contributed by atoms with van der Waals surface area (Å²) in [4.78, 5) is 0. The Kier molecular flexibility index (Phi) is 13.7. The zero-order valence-corrected chi connectivity index (χ0v) is 65.4. The van der Waals surface area contributed by atoms with Crippen LogP contribution in [-0.2, 0) is 0 Å². The van der Waals surface area contributed by atoms with Crippen LogP contribution in [0, 0.1) is 0 Å². The number of rotatable bonds is 5. The van der Waals surface area contributed by atoms with Crippen molar-refractivity contribution >= 4 is 173 Å². The van der Waals surface area contributed by atoms with E-state index >= 15 is 0 Å². The Hall–Kier alpha value is -15.6. The smallest absolute Gasteiger partial charge is 0.137 e. The molecule has 0 fully saturated rings. The van der Waals surface area contributed by atoms with Crippen molar-refractivity contribution in [2.75, 3.05) is 0 Å². The summed E-state index contributed by atoms with van der Waals surface area (Å²) in [5, 5.41) is 23.2. The lowest BCUT2D eigenvalue weighted by Gasteiger charge is -2.14. The van der Waals surface area contributed by atoms with Gasteiger partial charge < -0.3 is 22.5 Å². The van der Waals surface area contributed by atoms with Gasteiger partial charge in [0.1, 0.15) is 22.3 Å². The van der Waals surface area contributed by atoms with Gasteiger partial charge in [0, 0.05) is 97.2 Å². The van der Waals surface area contributed by atoms with Gasteiger partial charge in [-0.3, -0.25) is 0 Å². The lowest BCUT2D eigenvalue weighted by molar-refractivity contribution is 0.668. The first-order chi connectivity index (χ1) is 59.6. The van der Waals surface area contributed by atoms with E-state index in [1.54, 1.807) is 0 Å². The Morgan fingerprint density at radius 2 is 0.533 bits per heavy atom. The molecule has 3 aliphatic carbocycles. The van der Waals surface area contributed by atoms with E-state index in [4.69, 9.17) is 8.83 Å². The van der Waals surface area contributed by atoms with E-state index in [1.165, 1.54) is 213 Å². The molecule has 6 heteroatoms. The molecule has 20 aromatic carbocycles. The third-order valence-corrected chi connectivity index (χ3v) is 27.4. The molecule has 26 aromatic rings. The van der Waals surface area contributed by atoms with Crippen LogP contribution in [0.25, 0.3) is 268 Å². The second kappa shape index (κ2) is 25.0. The van der Waals surface area contributed by atoms with Crippen LogP contribution in [0.2, 0.25) is 0 Å². The fourth-order valence-corrected chi connectivity index (χ4v) is 22.5. The molecule has 5 nitrogen and oxygen atoms in total. The van der Waals surface area contributed by atoms with Crippen molar-refractivity contribution in [2.24, 2.45) is 0 Å². The van der Waals surface area contributed by atoms with Gasteiger partial charge in [-0.15, -0.1) is 11.3 Å². The number of thiophene rings is 1. The Morgan fingerprint density at radius 1 is 0.175 bits per heavy atom. The van der Waals surface area contributed by atoms with Gasteiger partial charge in [0.2, 0.25) is 0 Å². The molecule has 3 aliphatic rings. The van der Waals surface area contributed by atoms with Crippen LogP contribution < -0.4 is 0 Å². The van der Waals surface area contributed by atoms with Gasteiger partial charge in [-0.25, -0.2) is 0 Å². The third kappa shape index (κ3) is 9.19. The maximum Gasteiger partial charge on any atom is 0.137 e. The molecule has 120 heavy (non-hydrogen) atoms. The molecule has 0 radical (unpaired) electrons. The zero-order valence-electron chi connectivity index (χ0n) is 64.6. The van der Waals surface area contributed by atoms with Crippen molar-refractivity contribution in [1.82, 2.24) is 13.7 Å². The molecular formula is C114H65N3O2S. The number of para-hydroxylation sites is 2. The first kappa shape index (κ1) is 65.6. The summed E-state index contributed by atoms with van der Waals surface area (Å²) in [6, 6.07) is 144. The average molecular weight is 1540 g/mol. The first-order valence-corrected chi connectivity index (χ1v) is 42.1. The summed E-state index contributed by atoms with van der Waals surface area (Å²) in [6.07, 6.45) is 0. The Morgan fingerprint density at radius 3 is 1.07 bits per heavy atom. The molecule has 0 saturated carbocycles. The molecular weight excluding hydrogens is 1480 g/mol. The Labute approximate surface area is 691 Å². The number of aromatic nitrogens is 3. The van der Waals surface area contributed by atoms with Gasteiger partial charge in [-0.2, -0.15) is 0 Å². The molecule has 0 unspecified atom stereocenters.